The summed E-state index contributed by atoms with van der Waals surface area (Å²) in [6.45, 7) is 1.99. The maximum Gasteiger partial charge on any atom is 0.148 e. The van der Waals surface area contributed by atoms with Crippen LogP contribution in [0, 0.1) is 23.2 Å². The smallest absolute Gasteiger partial charge is 0.148 e. The maximum absolute atomic E-state index is 8.40. The largest absolute Gasteiger partial charge is 0.404 e. The number of hydrogen-bond donors (Lipinski definition) is 4. The predicted molar refractivity (Wildman–Crippen MR) is 102 cm³/mol. The molecule has 0 amide bonds. The second-order valence-corrected chi connectivity index (χ2v) is 5.89. The van der Waals surface area contributed by atoms with Crippen LogP contribution in [0.3, 0.4) is 0 Å². The number of fused-ring (bicyclic) bond motifs is 1. The molecule has 0 saturated carbocycles. The van der Waals surface area contributed by atoms with Crippen molar-refractivity contribution in [1.29, 1.82) is 16.2 Å². The molecular weight excluding hydrogens is 326 g/mol. The lowest BCUT2D eigenvalue weighted by Crippen LogP contribution is -2.30. The number of pyridine rings is 1. The van der Waals surface area contributed by atoms with Gasteiger partial charge in [-0.3, -0.25) is 15.8 Å². The molecule has 3 aromatic rings. The number of nitrogens with two attached hydrogens (primary N) is 1. The van der Waals surface area contributed by atoms with Crippen LogP contribution in [0.25, 0.3) is 16.5 Å². The van der Waals surface area contributed by atoms with Crippen LogP contribution >= 0.6 is 0 Å². The molecule has 0 saturated heterocycles. The van der Waals surface area contributed by atoms with Crippen LogP contribution in [0.2, 0.25) is 0 Å². The van der Waals surface area contributed by atoms with Gasteiger partial charge in [0.25, 0.3) is 0 Å². The first-order valence-electron chi connectivity index (χ1n) is 8.03. The van der Waals surface area contributed by atoms with E-state index in [-0.39, 0.29) is 11.3 Å². The summed E-state index contributed by atoms with van der Waals surface area (Å²) in [6, 6.07) is 11.0. The lowest BCUT2D eigenvalue weighted by Gasteiger charge is -2.11. The molecular formula is C19H19N7. The third-order valence-electron chi connectivity index (χ3n) is 4.05. The summed E-state index contributed by atoms with van der Waals surface area (Å²) >= 11 is 0. The molecule has 0 bridgehead atoms. The number of nitrogens with zero attached hydrogens (tertiary/aromatic N) is 3. The van der Waals surface area contributed by atoms with E-state index < -0.39 is 0 Å². The SMILES string of the molecule is Cc1cc(CC(=N)n2nc(/C(C=N)=C/N)ccc2=N)cc2cccnc12. The lowest BCUT2D eigenvalue weighted by molar-refractivity contribution is 0.788. The molecule has 7 nitrogen and oxygen atoms in total. The first-order valence-corrected chi connectivity index (χ1v) is 8.03. The van der Waals surface area contributed by atoms with Gasteiger partial charge in [-0.05, 0) is 42.3 Å². The minimum absolute atomic E-state index is 0.0966. The number of aryl methyl sites for hydroxylation is 1. The summed E-state index contributed by atoms with van der Waals surface area (Å²) in [5.74, 6) is 0.167. The van der Waals surface area contributed by atoms with Gasteiger partial charge in [0, 0.05) is 36.0 Å². The van der Waals surface area contributed by atoms with E-state index in [9.17, 15) is 0 Å². The molecule has 0 aliphatic rings. The zero-order chi connectivity index (χ0) is 18.7. The lowest BCUT2D eigenvalue weighted by atomic mass is 10.0. The van der Waals surface area contributed by atoms with Crippen LogP contribution in [-0.2, 0) is 6.42 Å². The van der Waals surface area contributed by atoms with E-state index in [1.165, 1.54) is 10.9 Å². The Morgan fingerprint density at radius 3 is 2.81 bits per heavy atom. The quantitative estimate of drug-likeness (QED) is 0.427. The van der Waals surface area contributed by atoms with E-state index in [1.54, 1.807) is 18.3 Å². The molecule has 3 rings (SSSR count). The fraction of sp³-hybridized carbons (Fsp3) is 0.105. The number of rotatable bonds is 4. The van der Waals surface area contributed by atoms with Gasteiger partial charge in [-0.15, -0.1) is 0 Å². The summed E-state index contributed by atoms with van der Waals surface area (Å²) in [4.78, 5) is 4.38. The molecule has 26 heavy (non-hydrogen) atoms. The van der Waals surface area contributed by atoms with Crippen molar-refractivity contribution in [2.75, 3.05) is 0 Å². The molecule has 0 fully saturated rings. The minimum Gasteiger partial charge on any atom is -0.404 e. The van der Waals surface area contributed by atoms with Crippen molar-refractivity contribution in [3.63, 3.8) is 0 Å². The minimum atomic E-state index is 0.0966. The average Bonchev–Trinajstić information content (AvgIpc) is 2.64. The summed E-state index contributed by atoms with van der Waals surface area (Å²) in [5.41, 5.74) is 9.42. The molecule has 1 aromatic carbocycles. The van der Waals surface area contributed by atoms with Crippen LogP contribution in [0.15, 0.2) is 48.8 Å². The monoisotopic (exact) mass is 345 g/mol. The van der Waals surface area contributed by atoms with Crippen LogP contribution in [0.4, 0.5) is 0 Å². The standard InChI is InChI=1S/C19H19N7/c1-12-7-13(8-14-3-2-6-24-19(12)14)9-18(23)26-17(22)5-4-16(25-26)15(10-20)11-21/h2-8,10-11,20,22-23H,9,21H2,1H3/b15-11+,20-10?,22-17?,23-18?. The topological polar surface area (TPSA) is 128 Å². The molecule has 2 heterocycles. The molecule has 2 aromatic heterocycles. The van der Waals surface area contributed by atoms with Gasteiger partial charge in [-0.2, -0.15) is 5.10 Å². The Balaban J connectivity index is 1.97. The Bertz CT molecular complexity index is 1090. The van der Waals surface area contributed by atoms with E-state index in [0.29, 0.717) is 17.7 Å². The second kappa shape index (κ2) is 7.10. The van der Waals surface area contributed by atoms with Crippen molar-refractivity contribution in [2.24, 2.45) is 5.73 Å². The Morgan fingerprint density at radius 2 is 2.08 bits per heavy atom. The van der Waals surface area contributed by atoms with Gasteiger partial charge in [-0.25, -0.2) is 4.68 Å². The van der Waals surface area contributed by atoms with Gasteiger partial charge in [0.05, 0.1) is 11.2 Å². The summed E-state index contributed by atoms with van der Waals surface area (Å²) in [5, 5.41) is 29.1. The van der Waals surface area contributed by atoms with Crippen LogP contribution in [0.5, 0.6) is 0 Å². The number of aromatic nitrogens is 3. The van der Waals surface area contributed by atoms with Gasteiger partial charge in [0.1, 0.15) is 11.3 Å². The summed E-state index contributed by atoms with van der Waals surface area (Å²) in [6.07, 6.45) is 4.47. The normalized spacial score (nSPS) is 11.5. The Hall–Kier alpha value is -3.61. The molecule has 130 valence electrons. The van der Waals surface area contributed by atoms with E-state index in [0.717, 1.165) is 28.2 Å². The third kappa shape index (κ3) is 3.27. The van der Waals surface area contributed by atoms with Crippen molar-refractivity contribution < 1.29 is 0 Å². The van der Waals surface area contributed by atoms with Crippen molar-refractivity contribution in [3.8, 4) is 0 Å². The van der Waals surface area contributed by atoms with Gasteiger partial charge >= 0.3 is 0 Å². The van der Waals surface area contributed by atoms with Gasteiger partial charge in [0.15, 0.2) is 0 Å². The highest BCUT2D eigenvalue weighted by Gasteiger charge is 2.09. The fourth-order valence-electron chi connectivity index (χ4n) is 2.81. The van der Waals surface area contributed by atoms with Crippen LogP contribution < -0.4 is 11.2 Å². The predicted octanol–water partition coefficient (Wildman–Crippen LogP) is 2.24. The third-order valence-corrected chi connectivity index (χ3v) is 4.05. The molecule has 0 atom stereocenters. The number of hydrogen-bond acceptors (Lipinski definition) is 6. The highest BCUT2D eigenvalue weighted by molar-refractivity contribution is 6.07. The molecule has 0 radical (unpaired) electrons. The Kier molecular flexibility index (Phi) is 4.70. The van der Waals surface area contributed by atoms with Gasteiger partial charge < -0.3 is 11.1 Å². The van der Waals surface area contributed by atoms with Crippen molar-refractivity contribution in [3.05, 3.63) is 71.1 Å². The van der Waals surface area contributed by atoms with E-state index in [4.69, 9.17) is 22.0 Å². The Morgan fingerprint density at radius 1 is 1.27 bits per heavy atom. The summed E-state index contributed by atoms with van der Waals surface area (Å²) in [7, 11) is 0. The van der Waals surface area contributed by atoms with Crippen LogP contribution in [0.1, 0.15) is 16.8 Å². The van der Waals surface area contributed by atoms with Gasteiger partial charge in [-0.1, -0.05) is 12.1 Å². The molecule has 0 spiro atoms. The molecule has 5 N–H and O–H groups in total. The van der Waals surface area contributed by atoms with E-state index >= 15 is 0 Å². The zero-order valence-corrected chi connectivity index (χ0v) is 14.3. The van der Waals surface area contributed by atoms with Gasteiger partial charge in [0.2, 0.25) is 0 Å². The second-order valence-electron chi connectivity index (χ2n) is 5.89. The average molecular weight is 345 g/mol. The maximum atomic E-state index is 8.40. The number of nitrogens with one attached hydrogen (secondary N) is 3. The fourth-order valence-corrected chi connectivity index (χ4v) is 2.81. The molecule has 0 aliphatic heterocycles. The molecule has 0 aliphatic carbocycles. The Labute approximate surface area is 150 Å². The summed E-state index contributed by atoms with van der Waals surface area (Å²) < 4.78 is 1.26. The first-order chi connectivity index (χ1) is 12.5. The highest BCUT2D eigenvalue weighted by Crippen LogP contribution is 2.19. The van der Waals surface area contributed by atoms with E-state index in [1.807, 2.05) is 31.2 Å². The van der Waals surface area contributed by atoms with Crippen molar-refractivity contribution >= 4 is 28.5 Å². The first kappa shape index (κ1) is 17.2. The number of benzene rings is 1. The molecule has 0 unspecified atom stereocenters. The molecule has 7 heteroatoms. The van der Waals surface area contributed by atoms with E-state index in [2.05, 4.69) is 10.1 Å². The zero-order valence-electron chi connectivity index (χ0n) is 14.3. The number of allylic oxidation sites excluding steroid dienone is 1. The van der Waals surface area contributed by atoms with Crippen LogP contribution in [-0.4, -0.2) is 26.8 Å². The van der Waals surface area contributed by atoms with Crippen molar-refractivity contribution in [1.82, 2.24) is 14.8 Å². The van der Waals surface area contributed by atoms with Crippen molar-refractivity contribution in [2.45, 2.75) is 13.3 Å². The highest BCUT2D eigenvalue weighted by atomic mass is 15.3.